The van der Waals surface area contributed by atoms with Gasteiger partial charge in [0.05, 0.1) is 12.7 Å². The lowest BCUT2D eigenvalue weighted by atomic mass is 9.45. The maximum atomic E-state index is 17.3. The molecule has 0 radical (unpaired) electrons. The standard InChI is InChI=1S/C26H34FNO9/c1-15-11-19-18-7-6-16-12-17(30)8-9-23(16,2)25(18,27)20(31)13-24(19,3)26(15,21(32)14-29)37-22(33)5-4-10-36-28(34)35/h6,8-9,15,18-20,29,31H,4-5,7,10-14H2,1-3H3/t15-,18?,19?,20-,23-,24-,25-,26-/m0/s1. The lowest BCUT2D eigenvalue weighted by Gasteiger charge is -2.62. The van der Waals surface area contributed by atoms with E-state index in [1.807, 2.05) is 6.08 Å². The molecular weight excluding hydrogens is 489 g/mol. The number of aliphatic hydroxyl groups excluding tert-OH is 2. The Labute approximate surface area is 214 Å². The summed E-state index contributed by atoms with van der Waals surface area (Å²) in [6.07, 6.45) is 3.42. The second kappa shape index (κ2) is 9.27. The molecule has 10 nitrogen and oxygen atoms in total. The summed E-state index contributed by atoms with van der Waals surface area (Å²) in [4.78, 5) is 52.8. The van der Waals surface area contributed by atoms with Crippen LogP contribution in [0.25, 0.3) is 0 Å². The number of aliphatic hydroxyl groups is 2. The summed E-state index contributed by atoms with van der Waals surface area (Å²) >= 11 is 0. The maximum absolute atomic E-state index is 17.3. The number of alkyl halides is 1. The Morgan fingerprint density at radius 3 is 2.65 bits per heavy atom. The van der Waals surface area contributed by atoms with E-state index in [1.165, 1.54) is 6.08 Å². The van der Waals surface area contributed by atoms with Gasteiger partial charge in [-0.25, -0.2) is 4.39 Å². The second-order valence-electron chi connectivity index (χ2n) is 11.4. The van der Waals surface area contributed by atoms with Gasteiger partial charge >= 0.3 is 5.97 Å². The summed E-state index contributed by atoms with van der Waals surface area (Å²) in [6.45, 7) is 3.89. The molecule has 37 heavy (non-hydrogen) atoms. The third-order valence-electron chi connectivity index (χ3n) is 9.70. The fourth-order valence-corrected chi connectivity index (χ4v) is 8.01. The van der Waals surface area contributed by atoms with Crippen LogP contribution in [0.5, 0.6) is 0 Å². The van der Waals surface area contributed by atoms with E-state index in [1.54, 1.807) is 26.8 Å². The molecule has 0 heterocycles. The van der Waals surface area contributed by atoms with Crippen molar-refractivity contribution in [1.82, 2.24) is 0 Å². The molecule has 0 amide bonds. The topological polar surface area (TPSA) is 153 Å². The number of ether oxygens (including phenoxy) is 1. The molecular formula is C26H34FNO9. The van der Waals surface area contributed by atoms with Gasteiger partial charge in [0.1, 0.15) is 6.61 Å². The van der Waals surface area contributed by atoms with Crippen LogP contribution in [0.1, 0.15) is 59.3 Å². The number of rotatable bonds is 8. The minimum atomic E-state index is -2.11. The molecule has 11 heteroatoms. The highest BCUT2D eigenvalue weighted by Gasteiger charge is 2.76. The lowest BCUT2D eigenvalue weighted by Crippen LogP contribution is -2.69. The fraction of sp³-hybridized carbons (Fsp3) is 0.731. The molecule has 4 aliphatic carbocycles. The molecule has 204 valence electrons. The van der Waals surface area contributed by atoms with Crippen LogP contribution in [-0.2, 0) is 24.0 Å². The Bertz CT molecular complexity index is 1070. The van der Waals surface area contributed by atoms with E-state index in [-0.39, 0.29) is 44.5 Å². The summed E-state index contributed by atoms with van der Waals surface area (Å²) in [5, 5.41) is 30.8. The number of nitrogens with zero attached hydrogens (tertiary/aromatic N) is 1. The monoisotopic (exact) mass is 523 g/mol. The molecule has 0 spiro atoms. The molecule has 0 aromatic heterocycles. The fourth-order valence-electron chi connectivity index (χ4n) is 8.01. The smallest absolute Gasteiger partial charge is 0.306 e. The zero-order chi connectivity index (χ0) is 27.4. The lowest BCUT2D eigenvalue weighted by molar-refractivity contribution is -0.757. The molecule has 4 aliphatic rings. The van der Waals surface area contributed by atoms with Crippen molar-refractivity contribution < 1.29 is 43.6 Å². The number of hydrogen-bond donors (Lipinski definition) is 2. The van der Waals surface area contributed by atoms with Crippen molar-refractivity contribution in [3.05, 3.63) is 33.9 Å². The number of hydrogen-bond acceptors (Lipinski definition) is 9. The molecule has 0 saturated heterocycles. The summed E-state index contributed by atoms with van der Waals surface area (Å²) in [5.74, 6) is -3.43. The third-order valence-corrected chi connectivity index (χ3v) is 9.70. The number of esters is 1. The number of carbonyl (C=O) groups excluding carboxylic acids is 3. The van der Waals surface area contributed by atoms with Crippen LogP contribution in [0.3, 0.4) is 0 Å². The van der Waals surface area contributed by atoms with Gasteiger partial charge in [-0.1, -0.05) is 31.6 Å². The zero-order valence-corrected chi connectivity index (χ0v) is 21.3. The Balaban J connectivity index is 1.71. The van der Waals surface area contributed by atoms with Crippen molar-refractivity contribution in [3.8, 4) is 0 Å². The normalized spacial score (nSPS) is 42.2. The first-order chi connectivity index (χ1) is 17.3. The molecule has 0 bridgehead atoms. The summed E-state index contributed by atoms with van der Waals surface area (Å²) in [7, 11) is 0. The number of fused-ring (bicyclic) bond motifs is 5. The number of Topliss-reactive ketones (excluding diaryl/α,β-unsaturated/α-hetero) is 1. The SMILES string of the molecule is C[C@H]1CC2C3CC=C4CC(=O)C=C[C@]4(C)[C@@]3(F)[C@@H](O)C[C@]2(C)[C@@]1(OC(=O)CCCO[N+](=O)[O-])C(=O)CO. The minimum absolute atomic E-state index is 0.0203. The summed E-state index contributed by atoms with van der Waals surface area (Å²) in [5.41, 5.74) is -5.67. The predicted molar refractivity (Wildman–Crippen MR) is 126 cm³/mol. The van der Waals surface area contributed by atoms with Crippen LogP contribution in [0.4, 0.5) is 4.39 Å². The predicted octanol–water partition coefficient (Wildman–Crippen LogP) is 2.44. The van der Waals surface area contributed by atoms with E-state index < -0.39 is 69.4 Å². The van der Waals surface area contributed by atoms with Crippen molar-refractivity contribution in [1.29, 1.82) is 0 Å². The van der Waals surface area contributed by atoms with Crippen molar-refractivity contribution in [2.45, 2.75) is 76.7 Å². The molecule has 0 aliphatic heterocycles. The first kappa shape index (κ1) is 27.4. The molecule has 2 unspecified atom stereocenters. The Morgan fingerprint density at radius 1 is 1.30 bits per heavy atom. The van der Waals surface area contributed by atoms with Gasteiger partial charge in [-0.3, -0.25) is 14.4 Å². The highest BCUT2D eigenvalue weighted by molar-refractivity contribution is 5.94. The number of allylic oxidation sites excluding steroid dienone is 4. The van der Waals surface area contributed by atoms with Gasteiger partial charge in [-0.15, -0.1) is 10.1 Å². The molecule has 0 aromatic carbocycles. The van der Waals surface area contributed by atoms with Gasteiger partial charge in [-0.2, -0.15) is 0 Å². The number of carbonyl (C=O) groups is 3. The van der Waals surface area contributed by atoms with Crippen LogP contribution in [0, 0.1) is 38.7 Å². The van der Waals surface area contributed by atoms with E-state index >= 15 is 4.39 Å². The average molecular weight is 524 g/mol. The Hall–Kier alpha value is -2.66. The highest BCUT2D eigenvalue weighted by Crippen LogP contribution is 2.71. The van der Waals surface area contributed by atoms with Crippen LogP contribution < -0.4 is 0 Å². The zero-order valence-electron chi connectivity index (χ0n) is 21.3. The molecule has 4 rings (SSSR count). The van der Waals surface area contributed by atoms with Crippen molar-refractivity contribution in [2.24, 2.45) is 28.6 Å². The molecule has 2 N–H and O–H groups in total. The largest absolute Gasteiger partial charge is 0.450 e. The van der Waals surface area contributed by atoms with Crippen LogP contribution >= 0.6 is 0 Å². The third kappa shape index (κ3) is 3.76. The first-order valence-corrected chi connectivity index (χ1v) is 12.7. The first-order valence-electron chi connectivity index (χ1n) is 12.7. The van der Waals surface area contributed by atoms with Gasteiger partial charge in [0.2, 0.25) is 5.78 Å². The molecule has 2 saturated carbocycles. The van der Waals surface area contributed by atoms with Crippen LogP contribution in [0.15, 0.2) is 23.8 Å². The summed E-state index contributed by atoms with van der Waals surface area (Å²) < 4.78 is 23.2. The minimum Gasteiger partial charge on any atom is -0.450 e. The van der Waals surface area contributed by atoms with Gasteiger partial charge in [-0.05, 0) is 44.6 Å². The van der Waals surface area contributed by atoms with Crippen molar-refractivity contribution in [3.63, 3.8) is 0 Å². The van der Waals surface area contributed by atoms with Gasteiger partial charge in [0, 0.05) is 35.5 Å². The quantitative estimate of drug-likeness (QED) is 0.161. The maximum Gasteiger partial charge on any atom is 0.306 e. The van der Waals surface area contributed by atoms with Gasteiger partial charge < -0.3 is 19.8 Å². The van der Waals surface area contributed by atoms with E-state index in [9.17, 15) is 34.7 Å². The van der Waals surface area contributed by atoms with Crippen molar-refractivity contribution in [2.75, 3.05) is 13.2 Å². The average Bonchev–Trinajstić information content (AvgIpc) is 3.04. The Morgan fingerprint density at radius 2 is 2.00 bits per heavy atom. The molecule has 8 atom stereocenters. The molecule has 0 aromatic rings. The second-order valence-corrected chi connectivity index (χ2v) is 11.4. The van der Waals surface area contributed by atoms with Gasteiger partial charge in [0.15, 0.2) is 17.1 Å². The van der Waals surface area contributed by atoms with Gasteiger partial charge in [0.25, 0.3) is 5.09 Å². The van der Waals surface area contributed by atoms with Crippen LogP contribution in [-0.4, -0.2) is 63.4 Å². The number of ketones is 2. The molecule has 2 fully saturated rings. The highest BCUT2D eigenvalue weighted by atomic mass is 19.1. The van der Waals surface area contributed by atoms with E-state index in [0.717, 1.165) is 0 Å². The van der Waals surface area contributed by atoms with E-state index in [0.29, 0.717) is 12.0 Å². The Kier molecular flexibility index (Phi) is 6.86. The van der Waals surface area contributed by atoms with Crippen molar-refractivity contribution >= 4 is 17.5 Å². The van der Waals surface area contributed by atoms with E-state index in [2.05, 4.69) is 4.84 Å². The van der Waals surface area contributed by atoms with Crippen LogP contribution in [0.2, 0.25) is 0 Å². The van der Waals surface area contributed by atoms with E-state index in [4.69, 9.17) is 4.74 Å². The summed E-state index contributed by atoms with van der Waals surface area (Å²) in [6, 6.07) is 0. The number of halogens is 1.